The van der Waals surface area contributed by atoms with E-state index in [-0.39, 0.29) is 17.9 Å². The minimum atomic E-state index is -0.901. The molecule has 0 saturated carbocycles. The zero-order valence-electron chi connectivity index (χ0n) is 10.9. The Morgan fingerprint density at radius 2 is 1.85 bits per heavy atom. The van der Waals surface area contributed by atoms with E-state index in [2.05, 4.69) is 5.32 Å². The second-order valence-electron chi connectivity index (χ2n) is 4.14. The van der Waals surface area contributed by atoms with Gasteiger partial charge < -0.3 is 10.1 Å². The van der Waals surface area contributed by atoms with Crippen molar-refractivity contribution in [3.8, 4) is 5.75 Å². The third-order valence-electron chi connectivity index (χ3n) is 2.75. The highest BCUT2D eigenvalue weighted by molar-refractivity contribution is 5.47. The fourth-order valence-corrected chi connectivity index (χ4v) is 1.77. The normalized spacial score (nSPS) is 10.4. The van der Waals surface area contributed by atoms with Crippen molar-refractivity contribution >= 4 is 5.69 Å². The molecular formula is C15H14F3NO. The summed E-state index contributed by atoms with van der Waals surface area (Å²) in [6.07, 6.45) is 0. The molecule has 0 aliphatic carbocycles. The van der Waals surface area contributed by atoms with Crippen molar-refractivity contribution in [3.63, 3.8) is 0 Å². The molecule has 0 aliphatic rings. The predicted molar refractivity (Wildman–Crippen MR) is 71.3 cm³/mol. The highest BCUT2D eigenvalue weighted by Crippen LogP contribution is 2.22. The lowest BCUT2D eigenvalue weighted by Crippen LogP contribution is -2.04. The van der Waals surface area contributed by atoms with Crippen molar-refractivity contribution in [1.29, 1.82) is 0 Å². The van der Waals surface area contributed by atoms with Crippen LogP contribution in [0.3, 0.4) is 0 Å². The molecule has 0 fully saturated rings. The Morgan fingerprint density at radius 3 is 2.55 bits per heavy atom. The summed E-state index contributed by atoms with van der Waals surface area (Å²) in [5.74, 6) is -2.14. The first-order chi connectivity index (χ1) is 9.61. The van der Waals surface area contributed by atoms with Crippen LogP contribution in [-0.2, 0) is 6.54 Å². The van der Waals surface area contributed by atoms with Crippen molar-refractivity contribution in [2.75, 3.05) is 11.9 Å². The number of ether oxygens (including phenoxy) is 1. The molecule has 2 aromatic carbocycles. The summed E-state index contributed by atoms with van der Waals surface area (Å²) in [5, 5.41) is 2.84. The van der Waals surface area contributed by atoms with E-state index >= 15 is 0 Å². The molecule has 1 N–H and O–H groups in total. The van der Waals surface area contributed by atoms with E-state index in [0.29, 0.717) is 12.3 Å². The summed E-state index contributed by atoms with van der Waals surface area (Å²) in [6, 6.07) is 8.30. The summed E-state index contributed by atoms with van der Waals surface area (Å²) in [7, 11) is 0. The van der Waals surface area contributed by atoms with Gasteiger partial charge in [-0.15, -0.1) is 0 Å². The first-order valence-corrected chi connectivity index (χ1v) is 6.21. The van der Waals surface area contributed by atoms with Gasteiger partial charge in [0, 0.05) is 23.9 Å². The quantitative estimate of drug-likeness (QED) is 0.890. The van der Waals surface area contributed by atoms with Crippen LogP contribution < -0.4 is 10.1 Å². The van der Waals surface area contributed by atoms with Crippen molar-refractivity contribution in [2.45, 2.75) is 13.5 Å². The molecule has 0 aromatic heterocycles. The highest BCUT2D eigenvalue weighted by atomic mass is 19.2. The van der Waals surface area contributed by atoms with Gasteiger partial charge in [0.2, 0.25) is 0 Å². The Labute approximate surface area is 115 Å². The molecule has 20 heavy (non-hydrogen) atoms. The monoisotopic (exact) mass is 281 g/mol. The van der Waals surface area contributed by atoms with E-state index in [9.17, 15) is 13.2 Å². The lowest BCUT2D eigenvalue weighted by molar-refractivity contribution is 0.321. The fourth-order valence-electron chi connectivity index (χ4n) is 1.77. The van der Waals surface area contributed by atoms with Gasteiger partial charge in [0.15, 0.2) is 23.2 Å². The van der Waals surface area contributed by atoms with E-state index in [1.807, 2.05) is 0 Å². The predicted octanol–water partition coefficient (Wildman–Crippen LogP) is 4.11. The highest BCUT2D eigenvalue weighted by Gasteiger charge is 2.08. The summed E-state index contributed by atoms with van der Waals surface area (Å²) in [5.41, 5.74) is 0.647. The molecule has 0 saturated heterocycles. The molecule has 0 aliphatic heterocycles. The maximum atomic E-state index is 13.6. The Bertz CT molecular complexity index is 602. The molecule has 2 rings (SSSR count). The van der Waals surface area contributed by atoms with Crippen LogP contribution in [0.2, 0.25) is 0 Å². The molecule has 0 amide bonds. The molecule has 0 bridgehead atoms. The number of hydrogen-bond donors (Lipinski definition) is 1. The average molecular weight is 281 g/mol. The van der Waals surface area contributed by atoms with Gasteiger partial charge in [-0.2, -0.15) is 0 Å². The molecule has 0 unspecified atom stereocenters. The first kappa shape index (κ1) is 14.2. The third kappa shape index (κ3) is 3.23. The van der Waals surface area contributed by atoms with Crippen molar-refractivity contribution in [1.82, 2.24) is 0 Å². The van der Waals surface area contributed by atoms with E-state index < -0.39 is 17.5 Å². The van der Waals surface area contributed by atoms with Gasteiger partial charge >= 0.3 is 0 Å². The first-order valence-electron chi connectivity index (χ1n) is 6.21. The summed E-state index contributed by atoms with van der Waals surface area (Å²) >= 11 is 0. The molecule has 5 heteroatoms. The molecule has 106 valence electrons. The molecule has 0 spiro atoms. The van der Waals surface area contributed by atoms with Crippen LogP contribution in [0.1, 0.15) is 12.5 Å². The van der Waals surface area contributed by atoms with Crippen LogP contribution in [0.4, 0.5) is 18.9 Å². The van der Waals surface area contributed by atoms with Crippen LogP contribution in [0, 0.1) is 17.5 Å². The molecular weight excluding hydrogens is 267 g/mol. The maximum Gasteiger partial charge on any atom is 0.167 e. The van der Waals surface area contributed by atoms with Crippen LogP contribution in [0.25, 0.3) is 0 Å². The minimum Gasteiger partial charge on any atom is -0.491 e. The average Bonchev–Trinajstić information content (AvgIpc) is 2.43. The van der Waals surface area contributed by atoms with Gasteiger partial charge in [-0.1, -0.05) is 12.1 Å². The van der Waals surface area contributed by atoms with Gasteiger partial charge in [-0.25, -0.2) is 13.2 Å². The fraction of sp³-hybridized carbons (Fsp3) is 0.200. The maximum absolute atomic E-state index is 13.6. The largest absolute Gasteiger partial charge is 0.491 e. The minimum absolute atomic E-state index is 0.0665. The van der Waals surface area contributed by atoms with Gasteiger partial charge in [-0.3, -0.25) is 0 Å². The lowest BCUT2D eigenvalue weighted by atomic mass is 10.2. The Kier molecular flexibility index (Phi) is 4.50. The van der Waals surface area contributed by atoms with Gasteiger partial charge in [0.1, 0.15) is 0 Å². The number of benzene rings is 2. The molecule has 0 radical (unpaired) electrons. The van der Waals surface area contributed by atoms with Crippen molar-refractivity contribution in [3.05, 3.63) is 59.4 Å². The Hall–Kier alpha value is -2.17. The second-order valence-corrected chi connectivity index (χ2v) is 4.14. The van der Waals surface area contributed by atoms with Crippen LogP contribution in [0.5, 0.6) is 5.75 Å². The van der Waals surface area contributed by atoms with E-state index in [1.165, 1.54) is 24.3 Å². The number of anilines is 1. The Morgan fingerprint density at radius 1 is 1.05 bits per heavy atom. The molecule has 0 heterocycles. The zero-order valence-corrected chi connectivity index (χ0v) is 10.9. The standard InChI is InChI=1S/C15H14F3NO/c1-2-20-14-7-6-11(8-13(14)17)19-9-10-4-3-5-12(16)15(10)18/h3-8,19H,2,9H2,1H3. The van der Waals surface area contributed by atoms with Gasteiger partial charge in [-0.05, 0) is 25.1 Å². The summed E-state index contributed by atoms with van der Waals surface area (Å²) in [4.78, 5) is 0. The third-order valence-corrected chi connectivity index (χ3v) is 2.75. The van der Waals surface area contributed by atoms with Crippen LogP contribution in [0.15, 0.2) is 36.4 Å². The van der Waals surface area contributed by atoms with Crippen LogP contribution >= 0.6 is 0 Å². The summed E-state index contributed by atoms with van der Waals surface area (Å²) < 4.78 is 45.2. The van der Waals surface area contributed by atoms with Gasteiger partial charge in [0.25, 0.3) is 0 Å². The van der Waals surface area contributed by atoms with E-state index in [1.54, 1.807) is 13.0 Å². The number of rotatable bonds is 5. The zero-order chi connectivity index (χ0) is 14.5. The van der Waals surface area contributed by atoms with E-state index in [4.69, 9.17) is 4.74 Å². The number of halogens is 3. The van der Waals surface area contributed by atoms with Crippen molar-refractivity contribution in [2.24, 2.45) is 0 Å². The molecule has 0 atom stereocenters. The van der Waals surface area contributed by atoms with Crippen LogP contribution in [-0.4, -0.2) is 6.61 Å². The number of nitrogens with one attached hydrogen (secondary N) is 1. The molecule has 2 nitrogen and oxygen atoms in total. The second kappa shape index (κ2) is 6.32. The summed E-state index contributed by atoms with van der Waals surface area (Å²) in [6.45, 7) is 2.20. The Balaban J connectivity index is 2.07. The number of hydrogen-bond acceptors (Lipinski definition) is 2. The SMILES string of the molecule is CCOc1ccc(NCc2cccc(F)c2F)cc1F. The topological polar surface area (TPSA) is 21.3 Å². The molecule has 2 aromatic rings. The van der Waals surface area contributed by atoms with Crippen molar-refractivity contribution < 1.29 is 17.9 Å². The lowest BCUT2D eigenvalue weighted by Gasteiger charge is -2.10. The smallest absolute Gasteiger partial charge is 0.167 e. The van der Waals surface area contributed by atoms with Gasteiger partial charge in [0.05, 0.1) is 6.61 Å². The van der Waals surface area contributed by atoms with E-state index in [0.717, 1.165) is 6.07 Å².